The minimum Gasteiger partial charge on any atom is -0.369 e. The highest BCUT2D eigenvalue weighted by atomic mass is 16.1. The quantitative estimate of drug-likeness (QED) is 0.611. The number of H-pyrrole nitrogens is 1. The van der Waals surface area contributed by atoms with Crippen LogP contribution < -0.4 is 17.0 Å². The van der Waals surface area contributed by atoms with Crippen LogP contribution in [0.15, 0.2) is 35.1 Å². The van der Waals surface area contributed by atoms with Crippen LogP contribution in [0, 0.1) is 0 Å². The molecule has 1 aromatic carbocycles. The molecule has 0 aliphatic carbocycles. The Balaban J connectivity index is 2.16. The molecule has 0 fully saturated rings. The van der Waals surface area contributed by atoms with E-state index in [9.17, 15) is 4.79 Å². The number of nitrogen functional groups attached to an aromatic ring is 2. The van der Waals surface area contributed by atoms with E-state index >= 15 is 0 Å². The Hall–Kier alpha value is -2.83. The van der Waals surface area contributed by atoms with Crippen LogP contribution in [0.5, 0.6) is 0 Å². The van der Waals surface area contributed by atoms with Gasteiger partial charge in [-0.25, -0.2) is 4.98 Å². The van der Waals surface area contributed by atoms with E-state index < -0.39 is 0 Å². The topological polar surface area (TPSA) is 116 Å². The van der Waals surface area contributed by atoms with E-state index in [0.717, 1.165) is 5.56 Å². The van der Waals surface area contributed by atoms with Crippen molar-refractivity contribution in [2.24, 2.45) is 0 Å². The van der Waals surface area contributed by atoms with Crippen molar-refractivity contribution in [1.82, 2.24) is 19.5 Å². The Morgan fingerprint density at radius 3 is 2.63 bits per heavy atom. The summed E-state index contributed by atoms with van der Waals surface area (Å²) in [4.78, 5) is 23.0. The number of nitrogens with zero attached hydrogens (tertiary/aromatic N) is 3. The van der Waals surface area contributed by atoms with Gasteiger partial charge in [-0.15, -0.1) is 0 Å². The SMILES string of the molecule is Nc1nc2c(=O)n(Cc3ccccc3)c(N)nc2[nH]1. The molecule has 0 saturated carbocycles. The van der Waals surface area contributed by atoms with Gasteiger partial charge in [-0.2, -0.15) is 4.98 Å². The van der Waals surface area contributed by atoms with Crippen LogP contribution in [0.4, 0.5) is 11.9 Å². The van der Waals surface area contributed by atoms with E-state index in [1.54, 1.807) is 0 Å². The van der Waals surface area contributed by atoms with E-state index in [-0.39, 0.29) is 23.0 Å². The predicted molar refractivity (Wildman–Crippen MR) is 72.5 cm³/mol. The number of aromatic nitrogens is 4. The fraction of sp³-hybridized carbons (Fsp3) is 0.0833. The highest BCUT2D eigenvalue weighted by Gasteiger charge is 2.12. The third kappa shape index (κ3) is 1.90. The van der Waals surface area contributed by atoms with Crippen molar-refractivity contribution < 1.29 is 0 Å². The number of anilines is 2. The molecule has 0 atom stereocenters. The lowest BCUT2D eigenvalue weighted by Gasteiger charge is -2.08. The van der Waals surface area contributed by atoms with Crippen LogP contribution >= 0.6 is 0 Å². The lowest BCUT2D eigenvalue weighted by Crippen LogP contribution is -2.25. The van der Waals surface area contributed by atoms with Crippen molar-refractivity contribution in [3.63, 3.8) is 0 Å². The number of nitrogens with one attached hydrogen (secondary N) is 1. The first-order valence-electron chi connectivity index (χ1n) is 5.70. The third-order valence-electron chi connectivity index (χ3n) is 2.84. The van der Waals surface area contributed by atoms with Crippen LogP contribution in [0.2, 0.25) is 0 Å². The summed E-state index contributed by atoms with van der Waals surface area (Å²) in [5.41, 5.74) is 12.5. The second-order valence-corrected chi connectivity index (χ2v) is 4.17. The average Bonchev–Trinajstić information content (AvgIpc) is 2.76. The van der Waals surface area contributed by atoms with Crippen molar-refractivity contribution >= 4 is 23.1 Å². The Bertz CT molecular complexity index is 789. The van der Waals surface area contributed by atoms with Gasteiger partial charge < -0.3 is 16.5 Å². The first kappa shape index (κ1) is 11.3. The zero-order valence-corrected chi connectivity index (χ0v) is 10.00. The maximum atomic E-state index is 12.3. The molecule has 5 N–H and O–H groups in total. The van der Waals surface area contributed by atoms with Crippen molar-refractivity contribution in [1.29, 1.82) is 0 Å². The minimum absolute atomic E-state index is 0.130. The van der Waals surface area contributed by atoms with Crippen molar-refractivity contribution in [3.05, 3.63) is 46.2 Å². The van der Waals surface area contributed by atoms with Gasteiger partial charge in [-0.3, -0.25) is 9.36 Å². The molecular weight excluding hydrogens is 244 g/mol. The summed E-state index contributed by atoms with van der Waals surface area (Å²) in [6.07, 6.45) is 0. The van der Waals surface area contributed by atoms with E-state index in [2.05, 4.69) is 15.0 Å². The Morgan fingerprint density at radius 2 is 1.89 bits per heavy atom. The molecule has 2 aromatic heterocycles. The lowest BCUT2D eigenvalue weighted by molar-refractivity contribution is 0.761. The molecule has 19 heavy (non-hydrogen) atoms. The van der Waals surface area contributed by atoms with Crippen LogP contribution in [-0.4, -0.2) is 19.5 Å². The van der Waals surface area contributed by atoms with E-state index in [1.165, 1.54) is 4.57 Å². The molecule has 7 heteroatoms. The maximum absolute atomic E-state index is 12.3. The first-order valence-corrected chi connectivity index (χ1v) is 5.70. The lowest BCUT2D eigenvalue weighted by atomic mass is 10.2. The second kappa shape index (κ2) is 4.13. The molecule has 0 aliphatic heterocycles. The van der Waals surface area contributed by atoms with Crippen LogP contribution in [-0.2, 0) is 6.54 Å². The van der Waals surface area contributed by atoms with Gasteiger partial charge in [-0.05, 0) is 5.56 Å². The number of imidazole rings is 1. The molecule has 0 unspecified atom stereocenters. The highest BCUT2D eigenvalue weighted by molar-refractivity contribution is 5.72. The van der Waals surface area contributed by atoms with Gasteiger partial charge in [0, 0.05) is 0 Å². The number of benzene rings is 1. The molecule has 7 nitrogen and oxygen atoms in total. The predicted octanol–water partition coefficient (Wildman–Crippen LogP) is 0.332. The van der Waals surface area contributed by atoms with Gasteiger partial charge in [-0.1, -0.05) is 30.3 Å². The maximum Gasteiger partial charge on any atom is 0.283 e. The third-order valence-corrected chi connectivity index (χ3v) is 2.84. The molecule has 0 radical (unpaired) electrons. The molecule has 0 aliphatic rings. The fourth-order valence-electron chi connectivity index (χ4n) is 1.94. The minimum atomic E-state index is -0.306. The number of fused-ring (bicyclic) bond motifs is 1. The Labute approximate surface area is 107 Å². The van der Waals surface area contributed by atoms with Crippen LogP contribution in [0.1, 0.15) is 5.56 Å². The largest absolute Gasteiger partial charge is 0.369 e. The summed E-state index contributed by atoms with van der Waals surface area (Å²) < 4.78 is 1.37. The van der Waals surface area contributed by atoms with Gasteiger partial charge in [0.15, 0.2) is 17.1 Å². The van der Waals surface area contributed by atoms with E-state index in [4.69, 9.17) is 11.5 Å². The van der Waals surface area contributed by atoms with Gasteiger partial charge in [0.05, 0.1) is 6.54 Å². The summed E-state index contributed by atoms with van der Waals surface area (Å²) >= 11 is 0. The van der Waals surface area contributed by atoms with Gasteiger partial charge in [0.2, 0.25) is 5.95 Å². The summed E-state index contributed by atoms with van der Waals surface area (Å²) in [6, 6.07) is 9.53. The summed E-state index contributed by atoms with van der Waals surface area (Å²) in [7, 11) is 0. The van der Waals surface area contributed by atoms with Gasteiger partial charge in [0.1, 0.15) is 0 Å². The van der Waals surface area contributed by atoms with Crippen molar-refractivity contribution in [3.8, 4) is 0 Å². The molecule has 3 rings (SSSR count). The Morgan fingerprint density at radius 1 is 1.16 bits per heavy atom. The van der Waals surface area contributed by atoms with Gasteiger partial charge >= 0.3 is 0 Å². The van der Waals surface area contributed by atoms with Crippen molar-refractivity contribution in [2.75, 3.05) is 11.5 Å². The monoisotopic (exact) mass is 256 g/mol. The number of hydrogen-bond donors (Lipinski definition) is 3. The van der Waals surface area contributed by atoms with E-state index in [1.807, 2.05) is 30.3 Å². The highest BCUT2D eigenvalue weighted by Crippen LogP contribution is 2.10. The van der Waals surface area contributed by atoms with Crippen molar-refractivity contribution in [2.45, 2.75) is 6.54 Å². The second-order valence-electron chi connectivity index (χ2n) is 4.17. The summed E-state index contributed by atoms with van der Waals surface area (Å²) in [6.45, 7) is 0.348. The molecule has 2 heterocycles. The van der Waals surface area contributed by atoms with Crippen LogP contribution in [0.3, 0.4) is 0 Å². The molecular formula is C12H12N6O. The molecule has 0 spiro atoms. The Kier molecular flexibility index (Phi) is 2.45. The smallest absolute Gasteiger partial charge is 0.283 e. The molecule has 96 valence electrons. The number of nitrogens with two attached hydrogens (primary N) is 2. The fourth-order valence-corrected chi connectivity index (χ4v) is 1.94. The zero-order valence-electron chi connectivity index (χ0n) is 10.00. The molecule has 0 saturated heterocycles. The first-order chi connectivity index (χ1) is 9.15. The standard InChI is InChI=1S/C12H12N6O/c13-11-15-8-9(16-11)17-12(14)18(10(8)19)6-7-4-2-1-3-5-7/h1-5H,6H2,(H2,14,17)(H3,13,15,16). The molecule has 0 amide bonds. The summed E-state index contributed by atoms with van der Waals surface area (Å²) in [5, 5.41) is 0. The number of aromatic amines is 1. The molecule has 0 bridgehead atoms. The summed E-state index contributed by atoms with van der Waals surface area (Å²) in [5.74, 6) is 0.279. The van der Waals surface area contributed by atoms with Gasteiger partial charge in [0.25, 0.3) is 5.56 Å². The number of hydrogen-bond acceptors (Lipinski definition) is 5. The zero-order chi connectivity index (χ0) is 13.4. The number of rotatable bonds is 2. The normalized spacial score (nSPS) is 10.9. The van der Waals surface area contributed by atoms with E-state index in [0.29, 0.717) is 12.2 Å². The molecule has 3 aromatic rings. The van der Waals surface area contributed by atoms with Crippen LogP contribution in [0.25, 0.3) is 11.2 Å². The average molecular weight is 256 g/mol.